The van der Waals surface area contributed by atoms with Crippen LogP contribution in [-0.2, 0) is 19.3 Å². The molecule has 0 radical (unpaired) electrons. The number of anilines is 18. The maximum Gasteiger partial charge on any atom is 0.0540 e. The zero-order chi connectivity index (χ0) is 96.3. The molecule has 0 fully saturated rings. The zero-order valence-electron chi connectivity index (χ0n) is 80.1. The smallest absolute Gasteiger partial charge is 0.0540 e. The molecule has 3 aliphatic rings. The van der Waals surface area contributed by atoms with Gasteiger partial charge in [0.15, 0.2) is 0 Å². The fourth-order valence-electron chi connectivity index (χ4n) is 21.8. The van der Waals surface area contributed by atoms with Crippen molar-refractivity contribution in [1.82, 2.24) is 0 Å². The van der Waals surface area contributed by atoms with Gasteiger partial charge in [-0.05, 0) is 310 Å². The molecule has 0 N–H and O–H groups in total. The number of rotatable bonds is 17. The molecule has 0 amide bonds. The van der Waals surface area contributed by atoms with E-state index in [1.54, 1.807) is 0 Å². The molecule has 24 aromatic carbocycles. The summed E-state index contributed by atoms with van der Waals surface area (Å²) < 4.78 is 0. The van der Waals surface area contributed by atoms with E-state index in [1.807, 2.05) is 0 Å². The van der Waals surface area contributed by atoms with Gasteiger partial charge >= 0.3 is 0 Å². The van der Waals surface area contributed by atoms with Crippen molar-refractivity contribution in [2.24, 2.45) is 0 Å². The molecule has 0 saturated heterocycles. The highest BCUT2D eigenvalue weighted by Crippen LogP contribution is 2.54. The van der Waals surface area contributed by atoms with Crippen molar-refractivity contribution >= 4 is 145 Å². The van der Waals surface area contributed by atoms with Crippen molar-refractivity contribution in [2.45, 2.75) is 19.3 Å². The molecule has 0 unspecified atom stereocenters. The van der Waals surface area contributed by atoms with Gasteiger partial charge in [0.25, 0.3) is 0 Å². The van der Waals surface area contributed by atoms with Crippen LogP contribution in [0.1, 0.15) is 33.4 Å². The van der Waals surface area contributed by atoms with Crippen LogP contribution in [0.2, 0.25) is 0 Å². The van der Waals surface area contributed by atoms with Crippen LogP contribution in [0, 0.1) is 0 Å². The summed E-state index contributed by atoms with van der Waals surface area (Å²) in [7, 11) is 0. The van der Waals surface area contributed by atoms with Crippen LogP contribution in [0.15, 0.2) is 570 Å². The van der Waals surface area contributed by atoms with E-state index < -0.39 is 0 Å². The Labute approximate surface area is 847 Å². The highest BCUT2D eigenvalue weighted by molar-refractivity contribution is 6.06. The van der Waals surface area contributed by atoms with Crippen molar-refractivity contribution < 1.29 is 0 Å². The van der Waals surface area contributed by atoms with E-state index in [0.717, 1.165) is 70.4 Å². The zero-order valence-corrected chi connectivity index (χ0v) is 80.1. The average Bonchev–Trinajstić information content (AvgIpc) is 0.739. The van der Waals surface area contributed by atoms with Crippen LogP contribution < -0.4 is 29.4 Å². The second-order valence-corrected chi connectivity index (χ2v) is 37.4. The van der Waals surface area contributed by atoms with Crippen molar-refractivity contribution in [3.05, 3.63) is 604 Å². The third-order valence-corrected chi connectivity index (χ3v) is 28.7. The summed E-state index contributed by atoms with van der Waals surface area (Å²) >= 11 is 0. The molecule has 6 heteroatoms. The molecule has 145 heavy (non-hydrogen) atoms. The van der Waals surface area contributed by atoms with Crippen LogP contribution in [-0.4, -0.2) is 0 Å². The largest absolute Gasteiger partial charge is 0.311 e. The SMILES string of the molecule is c1ccc(-c2ccc3c(c2)Cc2cc(-c4ccc(N(c5ccccc5)c5ccccc5)cc4)ccc2N3c2cccc3ccccc23)cc1.c1ccc(N(c2ccccc2)c2ccc(-c3ccc4c(c3)Cc3cc(-c5cccc6ccccc56)ccc3N4c3cccc4ccccc34)cc2)cc1.c1ccc(N(c2ccccc2)c2ccc(-c3ccc4c(c3)Cc3ccccc3N4c3cccc4ccccc34)cc2)cc1. The van der Waals surface area contributed by atoms with Crippen molar-refractivity contribution in [1.29, 1.82) is 0 Å². The Balaban J connectivity index is 0.000000114. The molecule has 0 saturated carbocycles. The summed E-state index contributed by atoms with van der Waals surface area (Å²) in [6.45, 7) is 0. The van der Waals surface area contributed by atoms with Crippen molar-refractivity contribution in [3.8, 4) is 55.6 Å². The lowest BCUT2D eigenvalue weighted by atomic mass is 9.89. The molecule has 24 aromatic rings. The summed E-state index contributed by atoms with van der Waals surface area (Å²) in [5.41, 5.74) is 41.5. The number of benzene rings is 24. The molecule has 686 valence electrons. The van der Waals surface area contributed by atoms with Crippen molar-refractivity contribution in [2.75, 3.05) is 29.4 Å². The van der Waals surface area contributed by atoms with Crippen LogP contribution in [0.3, 0.4) is 0 Å². The molecule has 27 rings (SSSR count). The van der Waals surface area contributed by atoms with E-state index in [2.05, 4.69) is 600 Å². The number of hydrogen-bond acceptors (Lipinski definition) is 6. The predicted octanol–water partition coefficient (Wildman–Crippen LogP) is 38.5. The second kappa shape index (κ2) is 39.1. The molecule has 0 spiro atoms. The van der Waals surface area contributed by atoms with E-state index >= 15 is 0 Å². The van der Waals surface area contributed by atoms with Crippen LogP contribution >= 0.6 is 0 Å². The minimum absolute atomic E-state index is 0.853. The normalized spacial score (nSPS) is 12.0. The lowest BCUT2D eigenvalue weighted by molar-refractivity contribution is 1.09. The van der Waals surface area contributed by atoms with Gasteiger partial charge in [-0.3, -0.25) is 0 Å². The van der Waals surface area contributed by atoms with E-state index in [0.29, 0.717) is 0 Å². The lowest BCUT2D eigenvalue weighted by Crippen LogP contribution is -2.19. The van der Waals surface area contributed by atoms with Crippen LogP contribution in [0.4, 0.5) is 102 Å². The van der Waals surface area contributed by atoms with E-state index in [4.69, 9.17) is 0 Å². The number of hydrogen-bond donors (Lipinski definition) is 0. The Kier molecular flexibility index (Phi) is 23.6. The van der Waals surface area contributed by atoms with Crippen molar-refractivity contribution in [3.63, 3.8) is 0 Å². The Bertz CT molecular complexity index is 8690. The standard InChI is InChI=1S/C51H36N2.C47H34N2.C41H30N2/c1-3-17-43(18-4-1)52(44-19-5-2-6-20-44)45-29-25-36(26-30-45)39-27-31-49-41(33-39)35-42-34-40(47-23-11-15-37-13-7-9-21-46(37)47)28-32-50(42)53(49)51-24-12-16-38-14-8-10-22-48(38)51;1-4-13-34(14-5-1)37-25-29-45-39(31-37)33-40-32-38(26-30-46(40)49(45)47-22-12-16-36-15-10-11-21-44(36)47)35-23-27-43(28-24-35)48(41-17-6-2-7-18-41)42-19-8-3-9-20-42;1-3-15-35(16-4-1)42(36-17-5-2-6-18-36)37-25-22-30(23-26-37)32-24-27-40-34(28-32)29-33-13-8-10-20-39(33)43(40)41-21-11-14-31-12-7-9-19-38(31)41/h1-34H,35H2;1-32H,33H2;1-28H,29H2. The molecular weight excluding hydrogens is 1750 g/mol. The molecule has 3 heterocycles. The monoisotopic (exact) mass is 1850 g/mol. The number of para-hydroxylation sites is 7. The number of fused-ring (bicyclic) bond motifs is 10. The quantitative estimate of drug-likeness (QED) is 0.0899. The maximum atomic E-state index is 2.48. The van der Waals surface area contributed by atoms with Gasteiger partial charge in [0.05, 0.1) is 17.1 Å². The molecule has 0 bridgehead atoms. The minimum atomic E-state index is 0.853. The van der Waals surface area contributed by atoms with Crippen LogP contribution in [0.5, 0.6) is 0 Å². The molecular formula is C139H100N6. The minimum Gasteiger partial charge on any atom is -0.311 e. The molecule has 0 aliphatic carbocycles. The molecule has 0 aromatic heterocycles. The first-order valence-electron chi connectivity index (χ1n) is 50.0. The predicted molar refractivity (Wildman–Crippen MR) is 613 cm³/mol. The van der Waals surface area contributed by atoms with Gasteiger partial charge in [0.1, 0.15) is 0 Å². The summed E-state index contributed by atoms with van der Waals surface area (Å²) in [6.07, 6.45) is 2.63. The van der Waals surface area contributed by atoms with E-state index in [1.165, 1.54) is 183 Å². The maximum absolute atomic E-state index is 2.48. The Morgan fingerprint density at radius 1 is 0.124 bits per heavy atom. The highest BCUT2D eigenvalue weighted by atomic mass is 15.2. The molecule has 0 atom stereocenters. The van der Waals surface area contributed by atoms with Gasteiger partial charge in [-0.15, -0.1) is 0 Å². The summed E-state index contributed by atoms with van der Waals surface area (Å²) in [5, 5.41) is 10.0. The topological polar surface area (TPSA) is 19.4 Å². The third-order valence-electron chi connectivity index (χ3n) is 28.7. The fourth-order valence-corrected chi connectivity index (χ4v) is 21.8. The van der Waals surface area contributed by atoms with Gasteiger partial charge in [0.2, 0.25) is 0 Å². The lowest BCUT2D eigenvalue weighted by Gasteiger charge is -2.35. The Hall–Kier alpha value is -18.9. The van der Waals surface area contributed by atoms with Gasteiger partial charge in [-0.2, -0.15) is 0 Å². The third kappa shape index (κ3) is 17.3. The first kappa shape index (κ1) is 87.6. The number of nitrogens with zero attached hydrogens (tertiary/aromatic N) is 6. The first-order chi connectivity index (χ1) is 71.9. The van der Waals surface area contributed by atoms with E-state index in [9.17, 15) is 0 Å². The van der Waals surface area contributed by atoms with Gasteiger partial charge in [-0.1, -0.05) is 376 Å². The van der Waals surface area contributed by atoms with Crippen LogP contribution in [0.25, 0.3) is 98.7 Å². The van der Waals surface area contributed by atoms with Gasteiger partial charge < -0.3 is 29.4 Å². The molecule has 3 aliphatic heterocycles. The Morgan fingerprint density at radius 3 is 0.641 bits per heavy atom. The first-order valence-corrected chi connectivity index (χ1v) is 50.0. The van der Waals surface area contributed by atoms with Gasteiger partial charge in [0, 0.05) is 121 Å². The second-order valence-electron chi connectivity index (χ2n) is 37.4. The fraction of sp³-hybridized carbons (Fsp3) is 0.0216. The summed E-state index contributed by atoms with van der Waals surface area (Å²) in [5.74, 6) is 0. The van der Waals surface area contributed by atoms with Gasteiger partial charge in [-0.25, -0.2) is 0 Å². The summed E-state index contributed by atoms with van der Waals surface area (Å²) in [4.78, 5) is 14.3. The molecule has 6 nitrogen and oxygen atoms in total. The average molecular weight is 1850 g/mol. The van der Waals surface area contributed by atoms with E-state index in [-0.39, 0.29) is 0 Å². The Morgan fingerprint density at radius 2 is 0.324 bits per heavy atom. The summed E-state index contributed by atoms with van der Waals surface area (Å²) in [6, 6.07) is 206. The highest BCUT2D eigenvalue weighted by Gasteiger charge is 2.32.